The van der Waals surface area contributed by atoms with Crippen LogP contribution in [0.3, 0.4) is 0 Å². The van der Waals surface area contributed by atoms with Gasteiger partial charge in [-0.25, -0.2) is 0 Å². The predicted octanol–water partition coefficient (Wildman–Crippen LogP) is 3.72. The number of H-pyrrole nitrogens is 1. The van der Waals surface area contributed by atoms with Gasteiger partial charge in [-0.1, -0.05) is 35.9 Å². The first kappa shape index (κ1) is 16.5. The average Bonchev–Trinajstić information content (AvgIpc) is 3.12. The SMILES string of the molecule is O=C(C=C1CCN(Cc2ccccc2)CC1)Nc1ccc2[nH]ncc2c1. The van der Waals surface area contributed by atoms with Crippen molar-refractivity contribution < 1.29 is 4.79 Å². The van der Waals surface area contributed by atoms with Gasteiger partial charge in [0.1, 0.15) is 0 Å². The molecule has 5 heteroatoms. The molecule has 1 aliphatic heterocycles. The first-order valence-corrected chi connectivity index (χ1v) is 8.96. The molecule has 1 fully saturated rings. The standard InChI is InChI=1S/C21H22N4O/c26-21(23-19-6-7-20-18(13-19)14-22-24-20)12-16-8-10-25(11-9-16)15-17-4-2-1-3-5-17/h1-7,12-14H,8-11,15H2,(H,22,24)(H,23,26). The van der Waals surface area contributed by atoms with E-state index in [-0.39, 0.29) is 5.91 Å². The molecular weight excluding hydrogens is 324 g/mol. The zero-order chi connectivity index (χ0) is 17.8. The Labute approximate surface area is 152 Å². The number of nitrogens with one attached hydrogen (secondary N) is 2. The van der Waals surface area contributed by atoms with Gasteiger partial charge in [-0.15, -0.1) is 0 Å². The summed E-state index contributed by atoms with van der Waals surface area (Å²) in [7, 11) is 0. The van der Waals surface area contributed by atoms with Crippen molar-refractivity contribution in [2.75, 3.05) is 18.4 Å². The van der Waals surface area contributed by atoms with Crippen molar-refractivity contribution in [3.63, 3.8) is 0 Å². The van der Waals surface area contributed by atoms with Crippen LogP contribution in [-0.4, -0.2) is 34.1 Å². The quantitative estimate of drug-likeness (QED) is 0.708. The Morgan fingerprint density at radius 2 is 1.96 bits per heavy atom. The molecule has 0 aliphatic carbocycles. The van der Waals surface area contributed by atoms with E-state index in [1.165, 1.54) is 11.1 Å². The molecule has 0 spiro atoms. The van der Waals surface area contributed by atoms with E-state index >= 15 is 0 Å². The van der Waals surface area contributed by atoms with E-state index in [1.54, 1.807) is 12.3 Å². The summed E-state index contributed by atoms with van der Waals surface area (Å²) in [6.07, 6.45) is 5.41. The smallest absolute Gasteiger partial charge is 0.248 e. The van der Waals surface area contributed by atoms with Gasteiger partial charge in [0.2, 0.25) is 5.91 Å². The molecule has 2 N–H and O–H groups in total. The van der Waals surface area contributed by atoms with Gasteiger partial charge < -0.3 is 5.32 Å². The lowest BCUT2D eigenvalue weighted by Gasteiger charge is -2.28. The largest absolute Gasteiger partial charge is 0.322 e. The van der Waals surface area contributed by atoms with Gasteiger partial charge in [-0.05, 0) is 36.6 Å². The Kier molecular flexibility index (Phi) is 4.80. The lowest BCUT2D eigenvalue weighted by Crippen LogP contribution is -2.30. The molecule has 0 radical (unpaired) electrons. The van der Waals surface area contributed by atoms with Crippen LogP contribution < -0.4 is 5.32 Å². The molecule has 132 valence electrons. The normalized spacial score (nSPS) is 15.2. The van der Waals surface area contributed by atoms with Crippen LogP contribution in [0.4, 0.5) is 5.69 Å². The number of likely N-dealkylation sites (tertiary alicyclic amines) is 1. The number of benzene rings is 2. The minimum absolute atomic E-state index is 0.0562. The number of nitrogens with zero attached hydrogens (tertiary/aromatic N) is 2. The van der Waals surface area contributed by atoms with Crippen LogP contribution in [0.15, 0.2) is 66.4 Å². The molecular formula is C21H22N4O. The monoisotopic (exact) mass is 346 g/mol. The topological polar surface area (TPSA) is 61.0 Å². The first-order chi connectivity index (χ1) is 12.8. The molecule has 0 bridgehead atoms. The van der Waals surface area contributed by atoms with Gasteiger partial charge in [0.25, 0.3) is 0 Å². The minimum atomic E-state index is -0.0562. The molecule has 2 heterocycles. The second-order valence-electron chi connectivity index (χ2n) is 6.73. The third kappa shape index (κ3) is 4.00. The third-order valence-corrected chi connectivity index (χ3v) is 4.79. The number of carbonyl (C=O) groups excluding carboxylic acids is 1. The minimum Gasteiger partial charge on any atom is -0.322 e. The fourth-order valence-corrected chi connectivity index (χ4v) is 3.37. The molecule has 1 saturated heterocycles. The van der Waals surface area contributed by atoms with Gasteiger partial charge in [0, 0.05) is 36.8 Å². The summed E-state index contributed by atoms with van der Waals surface area (Å²) in [6.45, 7) is 2.97. The number of rotatable bonds is 4. The number of carbonyl (C=O) groups is 1. The van der Waals surface area contributed by atoms with Gasteiger partial charge >= 0.3 is 0 Å². The van der Waals surface area contributed by atoms with Crippen LogP contribution in [0.5, 0.6) is 0 Å². The van der Waals surface area contributed by atoms with Crippen LogP contribution in [-0.2, 0) is 11.3 Å². The summed E-state index contributed by atoms with van der Waals surface area (Å²) < 4.78 is 0. The Bertz CT molecular complexity index is 919. The van der Waals surface area contributed by atoms with Crippen LogP contribution >= 0.6 is 0 Å². The Morgan fingerprint density at radius 1 is 1.15 bits per heavy atom. The Morgan fingerprint density at radius 3 is 2.77 bits per heavy atom. The van der Waals surface area contributed by atoms with Crippen molar-refractivity contribution in [3.8, 4) is 0 Å². The lowest BCUT2D eigenvalue weighted by atomic mass is 10.0. The molecule has 0 saturated carbocycles. The van der Waals surface area contributed by atoms with E-state index in [9.17, 15) is 4.79 Å². The molecule has 1 amide bonds. The number of aromatic amines is 1. The van der Waals surface area contributed by atoms with E-state index < -0.39 is 0 Å². The maximum atomic E-state index is 12.3. The molecule has 1 aliphatic rings. The number of piperidine rings is 1. The number of anilines is 1. The fraction of sp³-hybridized carbons (Fsp3) is 0.238. The van der Waals surface area contributed by atoms with Gasteiger partial charge in [-0.2, -0.15) is 5.10 Å². The van der Waals surface area contributed by atoms with Crippen LogP contribution in [0.25, 0.3) is 10.9 Å². The van der Waals surface area contributed by atoms with Crippen LogP contribution in [0.1, 0.15) is 18.4 Å². The molecule has 0 atom stereocenters. The predicted molar refractivity (Wildman–Crippen MR) is 104 cm³/mol. The number of aromatic nitrogens is 2. The fourth-order valence-electron chi connectivity index (χ4n) is 3.37. The average molecular weight is 346 g/mol. The molecule has 0 unspecified atom stereocenters. The van der Waals surface area contributed by atoms with Gasteiger partial charge in [0.15, 0.2) is 0 Å². The van der Waals surface area contributed by atoms with E-state index in [2.05, 4.69) is 44.7 Å². The van der Waals surface area contributed by atoms with Crippen molar-refractivity contribution >= 4 is 22.5 Å². The molecule has 3 aromatic rings. The number of fused-ring (bicyclic) bond motifs is 1. The van der Waals surface area contributed by atoms with Crippen molar-refractivity contribution in [2.45, 2.75) is 19.4 Å². The highest BCUT2D eigenvalue weighted by Gasteiger charge is 2.15. The van der Waals surface area contributed by atoms with Crippen LogP contribution in [0.2, 0.25) is 0 Å². The van der Waals surface area contributed by atoms with Gasteiger partial charge in [-0.3, -0.25) is 14.8 Å². The second kappa shape index (κ2) is 7.54. The van der Waals surface area contributed by atoms with E-state index in [0.717, 1.165) is 49.1 Å². The first-order valence-electron chi connectivity index (χ1n) is 8.96. The Balaban J connectivity index is 1.31. The van der Waals surface area contributed by atoms with Gasteiger partial charge in [0.05, 0.1) is 11.7 Å². The number of hydrogen-bond donors (Lipinski definition) is 2. The Hall–Kier alpha value is -2.92. The molecule has 1 aromatic heterocycles. The zero-order valence-corrected chi connectivity index (χ0v) is 14.6. The summed E-state index contributed by atoms with van der Waals surface area (Å²) in [5, 5.41) is 10.8. The van der Waals surface area contributed by atoms with Crippen LogP contribution in [0, 0.1) is 0 Å². The molecule has 5 nitrogen and oxygen atoms in total. The second-order valence-corrected chi connectivity index (χ2v) is 6.73. The van der Waals surface area contributed by atoms with Crippen molar-refractivity contribution in [1.29, 1.82) is 0 Å². The number of hydrogen-bond acceptors (Lipinski definition) is 3. The zero-order valence-electron chi connectivity index (χ0n) is 14.6. The third-order valence-electron chi connectivity index (χ3n) is 4.79. The number of amides is 1. The highest BCUT2D eigenvalue weighted by Crippen LogP contribution is 2.20. The maximum absolute atomic E-state index is 12.3. The molecule has 26 heavy (non-hydrogen) atoms. The lowest BCUT2D eigenvalue weighted by molar-refractivity contribution is -0.112. The highest BCUT2D eigenvalue weighted by molar-refractivity contribution is 6.01. The summed E-state index contributed by atoms with van der Waals surface area (Å²) in [6, 6.07) is 16.3. The molecule has 2 aromatic carbocycles. The maximum Gasteiger partial charge on any atom is 0.248 e. The van der Waals surface area contributed by atoms with E-state index in [4.69, 9.17) is 0 Å². The summed E-state index contributed by atoms with van der Waals surface area (Å²) >= 11 is 0. The van der Waals surface area contributed by atoms with E-state index in [1.807, 2.05) is 24.3 Å². The molecule has 4 rings (SSSR count). The summed E-state index contributed by atoms with van der Waals surface area (Å²) in [5.41, 5.74) is 4.32. The summed E-state index contributed by atoms with van der Waals surface area (Å²) in [4.78, 5) is 14.7. The van der Waals surface area contributed by atoms with E-state index in [0.29, 0.717) is 0 Å². The van der Waals surface area contributed by atoms with Crippen molar-refractivity contribution in [1.82, 2.24) is 15.1 Å². The van der Waals surface area contributed by atoms with Crippen molar-refractivity contribution in [3.05, 3.63) is 71.9 Å². The van der Waals surface area contributed by atoms with Crippen molar-refractivity contribution in [2.24, 2.45) is 0 Å². The summed E-state index contributed by atoms with van der Waals surface area (Å²) in [5.74, 6) is -0.0562. The highest BCUT2D eigenvalue weighted by atomic mass is 16.1.